The summed E-state index contributed by atoms with van der Waals surface area (Å²) in [7, 11) is 1.47. The molecule has 1 saturated carbocycles. The number of aromatic hydroxyl groups is 1. The summed E-state index contributed by atoms with van der Waals surface area (Å²) in [5, 5.41) is 20.3. The highest BCUT2D eigenvalue weighted by atomic mass is 32.1. The number of rotatable bonds is 6. The van der Waals surface area contributed by atoms with E-state index in [4.69, 9.17) is 4.74 Å². The molecule has 7 nitrogen and oxygen atoms in total. The van der Waals surface area contributed by atoms with Gasteiger partial charge in [0, 0.05) is 11.5 Å². The molecule has 4 rings (SSSR count). The molecule has 2 heterocycles. The molecular formula is C23H26FN5O2S. The van der Waals surface area contributed by atoms with Crippen molar-refractivity contribution >= 4 is 16.9 Å². The van der Waals surface area contributed by atoms with Crippen LogP contribution in [0.3, 0.4) is 0 Å². The SMILES string of the molecule is C=C(c1nnc(-c2ccc(-c3ncnc(OC)n3)cc2O)s1)[C@H]1C[C@@](C)(CC)CC[C@H]1F. The monoisotopic (exact) mass is 455 g/mol. The first-order valence-electron chi connectivity index (χ1n) is 10.6. The van der Waals surface area contributed by atoms with Gasteiger partial charge >= 0.3 is 6.01 Å². The van der Waals surface area contributed by atoms with Gasteiger partial charge in [0.05, 0.1) is 12.7 Å². The molecule has 1 aliphatic carbocycles. The number of ether oxygens (including phenoxy) is 1. The van der Waals surface area contributed by atoms with Crippen LogP contribution in [0.25, 0.3) is 27.5 Å². The Morgan fingerprint density at radius 2 is 2.16 bits per heavy atom. The van der Waals surface area contributed by atoms with Crippen molar-refractivity contribution in [3.63, 3.8) is 0 Å². The molecule has 3 aromatic rings. The van der Waals surface area contributed by atoms with Crippen LogP contribution < -0.4 is 4.74 Å². The number of phenols is 1. The molecule has 168 valence electrons. The number of benzene rings is 1. The number of alkyl halides is 1. The third-order valence-corrected chi connectivity index (χ3v) is 7.42. The van der Waals surface area contributed by atoms with Crippen LogP contribution in [0.4, 0.5) is 4.39 Å². The predicted molar refractivity (Wildman–Crippen MR) is 122 cm³/mol. The number of allylic oxidation sites excluding steroid dienone is 1. The second kappa shape index (κ2) is 8.90. The number of hydrogen-bond donors (Lipinski definition) is 1. The van der Waals surface area contributed by atoms with E-state index >= 15 is 0 Å². The summed E-state index contributed by atoms with van der Waals surface area (Å²) in [5.74, 6) is 0.148. The average Bonchev–Trinajstić information content (AvgIpc) is 3.30. The maximum atomic E-state index is 14.7. The maximum Gasteiger partial charge on any atom is 0.319 e. The molecule has 0 unspecified atom stereocenters. The Labute approximate surface area is 190 Å². The summed E-state index contributed by atoms with van der Waals surface area (Å²) in [6.45, 7) is 8.54. The average molecular weight is 456 g/mol. The summed E-state index contributed by atoms with van der Waals surface area (Å²) in [4.78, 5) is 12.2. The smallest absolute Gasteiger partial charge is 0.319 e. The lowest BCUT2D eigenvalue weighted by Crippen LogP contribution is -2.33. The van der Waals surface area contributed by atoms with Crippen molar-refractivity contribution in [1.82, 2.24) is 25.1 Å². The molecule has 2 aromatic heterocycles. The van der Waals surface area contributed by atoms with Gasteiger partial charge in [0.25, 0.3) is 0 Å². The van der Waals surface area contributed by atoms with E-state index in [1.807, 2.05) is 0 Å². The van der Waals surface area contributed by atoms with E-state index in [1.165, 1.54) is 24.8 Å². The molecular weight excluding hydrogens is 429 g/mol. The largest absolute Gasteiger partial charge is 0.507 e. The highest BCUT2D eigenvalue weighted by Gasteiger charge is 2.39. The maximum absolute atomic E-state index is 14.7. The number of aromatic nitrogens is 5. The van der Waals surface area contributed by atoms with Gasteiger partial charge in [-0.15, -0.1) is 10.2 Å². The van der Waals surface area contributed by atoms with Crippen LogP contribution in [-0.4, -0.2) is 43.5 Å². The molecule has 0 amide bonds. The van der Waals surface area contributed by atoms with Gasteiger partial charge in [0.1, 0.15) is 23.3 Å². The van der Waals surface area contributed by atoms with Crippen molar-refractivity contribution in [2.75, 3.05) is 7.11 Å². The zero-order chi connectivity index (χ0) is 22.9. The Morgan fingerprint density at radius 1 is 1.34 bits per heavy atom. The number of phenolic OH excluding ortho intramolecular Hbond substituents is 1. The molecule has 1 aromatic carbocycles. The van der Waals surface area contributed by atoms with Crippen LogP contribution in [0.15, 0.2) is 31.1 Å². The van der Waals surface area contributed by atoms with Crippen LogP contribution in [0.5, 0.6) is 11.8 Å². The topological polar surface area (TPSA) is 93.9 Å². The quantitative estimate of drug-likeness (QED) is 0.536. The van der Waals surface area contributed by atoms with Gasteiger partial charge in [-0.1, -0.05) is 44.3 Å². The lowest BCUT2D eigenvalue weighted by molar-refractivity contribution is 0.0983. The first-order chi connectivity index (χ1) is 15.3. The van der Waals surface area contributed by atoms with Gasteiger partial charge in [-0.25, -0.2) is 9.37 Å². The first-order valence-corrected chi connectivity index (χ1v) is 11.4. The van der Waals surface area contributed by atoms with Crippen LogP contribution in [0, 0.1) is 11.3 Å². The van der Waals surface area contributed by atoms with Crippen molar-refractivity contribution < 1.29 is 14.2 Å². The van der Waals surface area contributed by atoms with Gasteiger partial charge in [-0.2, -0.15) is 9.97 Å². The van der Waals surface area contributed by atoms with E-state index in [-0.39, 0.29) is 23.1 Å². The second-order valence-electron chi connectivity index (χ2n) is 8.49. The van der Waals surface area contributed by atoms with E-state index < -0.39 is 6.17 Å². The normalized spacial score (nSPS) is 23.1. The zero-order valence-electron chi connectivity index (χ0n) is 18.4. The van der Waals surface area contributed by atoms with Gasteiger partial charge in [-0.3, -0.25) is 0 Å². The van der Waals surface area contributed by atoms with Gasteiger partial charge in [0.15, 0.2) is 10.8 Å². The summed E-state index contributed by atoms with van der Waals surface area (Å²) in [6, 6.07) is 5.27. The van der Waals surface area contributed by atoms with Crippen LogP contribution >= 0.6 is 11.3 Å². The summed E-state index contributed by atoms with van der Waals surface area (Å²) < 4.78 is 19.8. The fraction of sp³-hybridized carbons (Fsp3) is 0.435. The highest BCUT2D eigenvalue weighted by Crippen LogP contribution is 2.47. The Morgan fingerprint density at radius 3 is 2.88 bits per heavy atom. The minimum Gasteiger partial charge on any atom is -0.507 e. The minimum absolute atomic E-state index is 0.0229. The van der Waals surface area contributed by atoms with Crippen LogP contribution in [0.1, 0.15) is 44.5 Å². The van der Waals surface area contributed by atoms with Crippen molar-refractivity contribution in [1.29, 1.82) is 0 Å². The van der Waals surface area contributed by atoms with Crippen molar-refractivity contribution in [2.45, 2.75) is 45.7 Å². The van der Waals surface area contributed by atoms with E-state index in [0.717, 1.165) is 19.3 Å². The minimum atomic E-state index is -0.917. The lowest BCUT2D eigenvalue weighted by atomic mass is 9.67. The van der Waals surface area contributed by atoms with E-state index in [1.54, 1.807) is 18.2 Å². The zero-order valence-corrected chi connectivity index (χ0v) is 19.2. The Balaban J connectivity index is 1.57. The van der Waals surface area contributed by atoms with Crippen molar-refractivity contribution in [3.8, 4) is 33.7 Å². The Bertz CT molecular complexity index is 1140. The molecule has 32 heavy (non-hydrogen) atoms. The van der Waals surface area contributed by atoms with Gasteiger partial charge in [-0.05, 0) is 42.4 Å². The van der Waals surface area contributed by atoms with E-state index in [0.29, 0.717) is 39.0 Å². The third-order valence-electron chi connectivity index (χ3n) is 6.39. The summed E-state index contributed by atoms with van der Waals surface area (Å²) >= 11 is 1.31. The number of methoxy groups -OCH3 is 1. The molecule has 0 radical (unpaired) electrons. The number of hydrogen-bond acceptors (Lipinski definition) is 8. The molecule has 1 aliphatic rings. The van der Waals surface area contributed by atoms with Crippen molar-refractivity contribution in [3.05, 3.63) is 36.1 Å². The fourth-order valence-electron chi connectivity index (χ4n) is 4.10. The molecule has 1 N–H and O–H groups in total. The molecule has 0 spiro atoms. The predicted octanol–water partition coefficient (Wildman–Crippen LogP) is 5.34. The number of halogens is 1. The van der Waals surface area contributed by atoms with Gasteiger partial charge < -0.3 is 9.84 Å². The van der Waals surface area contributed by atoms with Crippen LogP contribution in [0.2, 0.25) is 0 Å². The lowest BCUT2D eigenvalue weighted by Gasteiger charge is -2.40. The molecule has 0 bridgehead atoms. The highest BCUT2D eigenvalue weighted by molar-refractivity contribution is 7.15. The number of nitrogens with zero attached hydrogens (tertiary/aromatic N) is 5. The third kappa shape index (κ3) is 4.34. The van der Waals surface area contributed by atoms with E-state index in [9.17, 15) is 9.50 Å². The van der Waals surface area contributed by atoms with Crippen molar-refractivity contribution in [2.24, 2.45) is 11.3 Å². The summed E-state index contributed by atoms with van der Waals surface area (Å²) in [6.07, 6.45) is 3.64. The standard InChI is InChI=1S/C23H26FN5O2S/c1-5-23(3)9-8-17(24)16(11-23)13(2)20-28-29-21(32-20)15-7-6-14(10-18(15)30)19-25-12-26-22(27-19)31-4/h6-7,10,12,16-17,30H,2,5,8-9,11H2,1,3-4H3/t16-,17-,23+/m1/s1. The second-order valence-corrected chi connectivity index (χ2v) is 9.47. The molecule has 1 fully saturated rings. The summed E-state index contributed by atoms with van der Waals surface area (Å²) in [5.41, 5.74) is 1.96. The van der Waals surface area contributed by atoms with E-state index in [2.05, 4.69) is 45.6 Å². The molecule has 0 aliphatic heterocycles. The molecule has 3 atom stereocenters. The van der Waals surface area contributed by atoms with Crippen LogP contribution in [-0.2, 0) is 0 Å². The Hall–Kier alpha value is -2.94. The van der Waals surface area contributed by atoms with Gasteiger partial charge in [0.2, 0.25) is 0 Å². The fourth-order valence-corrected chi connectivity index (χ4v) is 5.01. The Kier molecular flexibility index (Phi) is 6.19. The molecule has 9 heteroatoms. The first kappa shape index (κ1) is 22.3. The molecule has 0 saturated heterocycles.